The van der Waals surface area contributed by atoms with Crippen LogP contribution < -0.4 is 0 Å². The zero-order valence-corrected chi connectivity index (χ0v) is 18.8. The van der Waals surface area contributed by atoms with Crippen LogP contribution in [0.4, 0.5) is 0 Å². The third-order valence-corrected chi connectivity index (χ3v) is 6.66. The monoisotopic (exact) mass is 464 g/mol. The molecule has 0 atom stereocenters. The molecule has 0 amide bonds. The first-order chi connectivity index (χ1) is 12.1. The van der Waals surface area contributed by atoms with E-state index in [1.54, 1.807) is 0 Å². The van der Waals surface area contributed by atoms with Crippen molar-refractivity contribution < 1.29 is 0 Å². The van der Waals surface area contributed by atoms with Gasteiger partial charge in [0.2, 0.25) is 0 Å². The Bertz CT molecular complexity index is 604. The lowest BCUT2D eigenvalue weighted by atomic mass is 10.0. The van der Waals surface area contributed by atoms with Gasteiger partial charge in [0.15, 0.2) is 0 Å². The molecule has 2 aromatic rings. The molecular weight excluding hydrogens is 436 g/mol. The van der Waals surface area contributed by atoms with Gasteiger partial charge in [0.05, 0.1) is 0 Å². The Morgan fingerprint density at radius 1 is 0.560 bits per heavy atom. The molecule has 0 fully saturated rings. The van der Waals surface area contributed by atoms with Crippen molar-refractivity contribution in [2.45, 2.75) is 71.6 Å². The van der Waals surface area contributed by atoms with E-state index in [1.165, 1.54) is 89.0 Å². The first-order valence-electron chi connectivity index (χ1n) is 9.56. The molecule has 0 heterocycles. The fraction of sp³-hybridized carbons (Fsp3) is 0.478. The Kier molecular flexibility index (Phi) is 9.26. The van der Waals surface area contributed by atoms with Crippen molar-refractivity contribution in [1.82, 2.24) is 0 Å². The summed E-state index contributed by atoms with van der Waals surface area (Å²) in [7, 11) is 0. The summed E-state index contributed by atoms with van der Waals surface area (Å²) in [5, 5.41) is 0. The van der Waals surface area contributed by atoms with E-state index in [-0.39, 0.29) is 0 Å². The summed E-state index contributed by atoms with van der Waals surface area (Å²) in [4.78, 5) is 0. The van der Waals surface area contributed by atoms with Crippen molar-refractivity contribution in [2.75, 3.05) is 0 Å². The Hall–Kier alpha value is -0.600. The maximum atomic E-state index is 3.57. The standard InChI is InChI=1S/C23H30Br2/c1-18-16-20(12-14-22(18)24)10-8-6-4-3-5-7-9-11-21-13-15-23(25)19(2)17-21/h12-17H,3-11H2,1-2H3. The minimum Gasteiger partial charge on any atom is -0.0579 e. The number of benzene rings is 2. The summed E-state index contributed by atoms with van der Waals surface area (Å²) in [6.07, 6.45) is 12.0. The van der Waals surface area contributed by atoms with Crippen LogP contribution in [0, 0.1) is 13.8 Å². The molecule has 0 bridgehead atoms. The van der Waals surface area contributed by atoms with Gasteiger partial charge in [-0.3, -0.25) is 0 Å². The molecule has 0 aliphatic heterocycles. The van der Waals surface area contributed by atoms with E-state index in [0.717, 1.165) is 0 Å². The lowest BCUT2D eigenvalue weighted by Gasteiger charge is -2.06. The zero-order chi connectivity index (χ0) is 18.1. The summed E-state index contributed by atoms with van der Waals surface area (Å²) in [6.45, 7) is 4.34. The van der Waals surface area contributed by atoms with Crippen LogP contribution in [0.2, 0.25) is 0 Å². The summed E-state index contributed by atoms with van der Waals surface area (Å²) >= 11 is 7.14. The van der Waals surface area contributed by atoms with Crippen LogP contribution in [0.25, 0.3) is 0 Å². The Morgan fingerprint density at radius 3 is 1.28 bits per heavy atom. The van der Waals surface area contributed by atoms with Crippen LogP contribution in [-0.4, -0.2) is 0 Å². The van der Waals surface area contributed by atoms with Crippen LogP contribution in [-0.2, 0) is 12.8 Å². The molecule has 2 rings (SSSR count). The summed E-state index contributed by atoms with van der Waals surface area (Å²) in [6, 6.07) is 13.5. The van der Waals surface area contributed by atoms with Crippen molar-refractivity contribution in [3.63, 3.8) is 0 Å². The second-order valence-corrected chi connectivity index (χ2v) is 8.85. The molecule has 25 heavy (non-hydrogen) atoms. The number of halogens is 2. The smallest absolute Gasteiger partial charge is 0.0204 e. The Balaban J connectivity index is 1.49. The van der Waals surface area contributed by atoms with E-state index in [4.69, 9.17) is 0 Å². The molecule has 0 saturated heterocycles. The molecule has 0 nitrogen and oxygen atoms in total. The normalized spacial score (nSPS) is 11.0. The fourth-order valence-corrected chi connectivity index (χ4v) is 3.76. The highest BCUT2D eigenvalue weighted by Gasteiger charge is 2.00. The molecule has 0 spiro atoms. The quantitative estimate of drug-likeness (QED) is 0.309. The van der Waals surface area contributed by atoms with Crippen molar-refractivity contribution >= 4 is 31.9 Å². The Morgan fingerprint density at radius 2 is 0.920 bits per heavy atom. The molecule has 2 heteroatoms. The first kappa shape index (κ1) is 20.7. The van der Waals surface area contributed by atoms with Crippen molar-refractivity contribution in [2.24, 2.45) is 0 Å². The van der Waals surface area contributed by atoms with Gasteiger partial charge in [0.25, 0.3) is 0 Å². The van der Waals surface area contributed by atoms with Gasteiger partial charge in [-0.2, -0.15) is 0 Å². The van der Waals surface area contributed by atoms with Crippen molar-refractivity contribution in [1.29, 1.82) is 0 Å². The molecule has 0 radical (unpaired) electrons. The van der Waals surface area contributed by atoms with Crippen molar-refractivity contribution in [3.8, 4) is 0 Å². The number of hydrogen-bond donors (Lipinski definition) is 0. The maximum absolute atomic E-state index is 3.57. The lowest BCUT2D eigenvalue weighted by molar-refractivity contribution is 0.579. The van der Waals surface area contributed by atoms with Gasteiger partial charge in [0.1, 0.15) is 0 Å². The van der Waals surface area contributed by atoms with Gasteiger partial charge >= 0.3 is 0 Å². The highest BCUT2D eigenvalue weighted by molar-refractivity contribution is 9.10. The minimum atomic E-state index is 1.22. The van der Waals surface area contributed by atoms with Gasteiger partial charge in [-0.25, -0.2) is 0 Å². The number of unbranched alkanes of at least 4 members (excludes halogenated alkanes) is 6. The van der Waals surface area contributed by atoms with Crippen LogP contribution in [0.5, 0.6) is 0 Å². The Labute approximate surface area is 170 Å². The summed E-state index contributed by atoms with van der Waals surface area (Å²) in [5.41, 5.74) is 5.65. The third kappa shape index (κ3) is 7.66. The van der Waals surface area contributed by atoms with E-state index in [2.05, 4.69) is 82.1 Å². The summed E-state index contributed by atoms with van der Waals surface area (Å²) in [5.74, 6) is 0. The van der Waals surface area contributed by atoms with Crippen LogP contribution in [0.3, 0.4) is 0 Å². The zero-order valence-electron chi connectivity index (χ0n) is 15.6. The molecule has 0 saturated carbocycles. The largest absolute Gasteiger partial charge is 0.0579 e. The lowest BCUT2D eigenvalue weighted by Crippen LogP contribution is -1.89. The molecule has 136 valence electrons. The molecule has 0 aliphatic carbocycles. The third-order valence-electron chi connectivity index (χ3n) is 4.88. The minimum absolute atomic E-state index is 1.22. The molecule has 2 aromatic carbocycles. The molecule has 0 aromatic heterocycles. The molecule has 0 N–H and O–H groups in total. The SMILES string of the molecule is Cc1cc(CCCCCCCCCc2ccc(Br)c(C)c2)ccc1Br. The first-order valence-corrected chi connectivity index (χ1v) is 11.1. The average Bonchev–Trinajstić information content (AvgIpc) is 2.59. The number of hydrogen-bond acceptors (Lipinski definition) is 0. The van der Waals surface area contributed by atoms with Crippen LogP contribution >= 0.6 is 31.9 Å². The van der Waals surface area contributed by atoms with Crippen LogP contribution in [0.15, 0.2) is 45.3 Å². The predicted molar refractivity (Wildman–Crippen MR) is 117 cm³/mol. The van der Waals surface area contributed by atoms with Gasteiger partial charge in [0, 0.05) is 8.95 Å². The summed E-state index contributed by atoms with van der Waals surface area (Å²) < 4.78 is 2.43. The molecule has 0 aliphatic rings. The average molecular weight is 466 g/mol. The van der Waals surface area contributed by atoms with Crippen LogP contribution in [0.1, 0.15) is 67.2 Å². The number of aryl methyl sites for hydroxylation is 4. The van der Waals surface area contributed by atoms with E-state index in [0.29, 0.717) is 0 Å². The van der Waals surface area contributed by atoms with Gasteiger partial charge < -0.3 is 0 Å². The van der Waals surface area contributed by atoms with E-state index in [1.807, 2.05) is 0 Å². The highest BCUT2D eigenvalue weighted by Crippen LogP contribution is 2.20. The second-order valence-electron chi connectivity index (χ2n) is 7.14. The topological polar surface area (TPSA) is 0 Å². The van der Waals surface area contributed by atoms with Crippen molar-refractivity contribution in [3.05, 3.63) is 67.6 Å². The fourth-order valence-electron chi connectivity index (χ4n) is 3.27. The van der Waals surface area contributed by atoms with E-state index >= 15 is 0 Å². The van der Waals surface area contributed by atoms with Gasteiger partial charge in [-0.15, -0.1) is 0 Å². The van der Waals surface area contributed by atoms with E-state index < -0.39 is 0 Å². The van der Waals surface area contributed by atoms with E-state index in [9.17, 15) is 0 Å². The second kappa shape index (κ2) is 11.2. The van der Waals surface area contributed by atoms with Gasteiger partial charge in [-0.1, -0.05) is 88.2 Å². The molecule has 0 unspecified atom stereocenters. The highest BCUT2D eigenvalue weighted by atomic mass is 79.9. The predicted octanol–water partition coefficient (Wildman–Crippen LogP) is 8.34. The molecular formula is C23H30Br2. The van der Waals surface area contributed by atoms with Gasteiger partial charge in [-0.05, 0) is 73.9 Å². The number of rotatable bonds is 10. The maximum Gasteiger partial charge on any atom is 0.0204 e.